The van der Waals surface area contributed by atoms with Crippen molar-refractivity contribution in [3.8, 4) is 0 Å². The van der Waals surface area contributed by atoms with Gasteiger partial charge in [0, 0.05) is 30.4 Å². The summed E-state index contributed by atoms with van der Waals surface area (Å²) in [6.07, 6.45) is 5.23. The van der Waals surface area contributed by atoms with Crippen LogP contribution in [0.4, 0.5) is 5.69 Å². The molecule has 0 radical (unpaired) electrons. The highest BCUT2D eigenvalue weighted by molar-refractivity contribution is 6.06. The molecule has 0 aliphatic heterocycles. The first-order chi connectivity index (χ1) is 11.6. The number of carbonyl (C=O) groups is 1. The standard InChI is InChI=1S/C17H15N5O2/c1-21-15-4-2-11(6-12(15)7-18-21)17(24)20-13-3-5-16-19-14(10-23)9-22(16)8-13/h2-9,23H,10H2,1H3,(H,20,24). The van der Waals surface area contributed by atoms with E-state index >= 15 is 0 Å². The van der Waals surface area contributed by atoms with Crippen LogP contribution >= 0.6 is 0 Å². The quantitative estimate of drug-likeness (QED) is 0.604. The summed E-state index contributed by atoms with van der Waals surface area (Å²) >= 11 is 0. The zero-order valence-electron chi connectivity index (χ0n) is 13.0. The van der Waals surface area contributed by atoms with E-state index in [9.17, 15) is 4.79 Å². The number of aliphatic hydroxyl groups is 1. The monoisotopic (exact) mass is 321 g/mol. The van der Waals surface area contributed by atoms with E-state index in [1.165, 1.54) is 0 Å². The van der Waals surface area contributed by atoms with Gasteiger partial charge in [-0.15, -0.1) is 0 Å². The molecule has 2 N–H and O–H groups in total. The van der Waals surface area contributed by atoms with Gasteiger partial charge in [-0.25, -0.2) is 4.98 Å². The Balaban J connectivity index is 1.62. The Hall–Kier alpha value is -3.19. The largest absolute Gasteiger partial charge is 0.390 e. The van der Waals surface area contributed by atoms with Gasteiger partial charge in [-0.2, -0.15) is 5.10 Å². The van der Waals surface area contributed by atoms with E-state index in [4.69, 9.17) is 5.11 Å². The third-order valence-corrected chi connectivity index (χ3v) is 3.93. The van der Waals surface area contributed by atoms with E-state index in [2.05, 4.69) is 15.4 Å². The summed E-state index contributed by atoms with van der Waals surface area (Å²) in [6, 6.07) is 9.04. The minimum atomic E-state index is -0.192. The molecule has 0 fully saturated rings. The van der Waals surface area contributed by atoms with Gasteiger partial charge in [0.2, 0.25) is 0 Å². The lowest BCUT2D eigenvalue weighted by Gasteiger charge is -2.06. The average Bonchev–Trinajstić information content (AvgIpc) is 3.17. The Morgan fingerprint density at radius 3 is 2.96 bits per heavy atom. The third-order valence-electron chi connectivity index (χ3n) is 3.93. The fraction of sp³-hybridized carbons (Fsp3) is 0.118. The lowest BCUT2D eigenvalue weighted by atomic mass is 10.1. The number of imidazole rings is 1. The van der Waals surface area contributed by atoms with Crippen molar-refractivity contribution in [2.75, 3.05) is 5.32 Å². The van der Waals surface area contributed by atoms with Crippen LogP contribution in [-0.4, -0.2) is 30.2 Å². The minimum absolute atomic E-state index is 0.117. The van der Waals surface area contributed by atoms with Gasteiger partial charge in [-0.3, -0.25) is 9.48 Å². The smallest absolute Gasteiger partial charge is 0.255 e. The van der Waals surface area contributed by atoms with Crippen LogP contribution in [0.3, 0.4) is 0 Å². The second kappa shape index (κ2) is 5.47. The van der Waals surface area contributed by atoms with Gasteiger partial charge in [-0.1, -0.05) is 0 Å². The summed E-state index contributed by atoms with van der Waals surface area (Å²) in [5.41, 5.74) is 3.50. The minimum Gasteiger partial charge on any atom is -0.390 e. The molecular formula is C17H15N5O2. The normalized spacial score (nSPS) is 11.2. The van der Waals surface area contributed by atoms with Crippen molar-refractivity contribution in [1.29, 1.82) is 0 Å². The summed E-state index contributed by atoms with van der Waals surface area (Å²) in [4.78, 5) is 16.7. The molecule has 0 aliphatic rings. The molecule has 120 valence electrons. The highest BCUT2D eigenvalue weighted by Crippen LogP contribution is 2.17. The number of aromatic nitrogens is 4. The van der Waals surface area contributed by atoms with Crippen molar-refractivity contribution < 1.29 is 9.90 Å². The maximum Gasteiger partial charge on any atom is 0.255 e. The number of aliphatic hydroxyl groups excluding tert-OH is 1. The number of anilines is 1. The fourth-order valence-corrected chi connectivity index (χ4v) is 2.70. The zero-order chi connectivity index (χ0) is 16.7. The number of hydrogen-bond donors (Lipinski definition) is 2. The Morgan fingerprint density at radius 2 is 2.12 bits per heavy atom. The van der Waals surface area contributed by atoms with E-state index in [1.54, 1.807) is 45.9 Å². The van der Waals surface area contributed by atoms with Gasteiger partial charge in [0.25, 0.3) is 5.91 Å². The molecule has 1 amide bonds. The van der Waals surface area contributed by atoms with Gasteiger partial charge < -0.3 is 14.8 Å². The van der Waals surface area contributed by atoms with Gasteiger partial charge in [0.1, 0.15) is 5.65 Å². The van der Waals surface area contributed by atoms with Crippen LogP contribution in [0.25, 0.3) is 16.6 Å². The molecule has 24 heavy (non-hydrogen) atoms. The third kappa shape index (κ3) is 2.40. The Kier molecular flexibility index (Phi) is 3.28. The van der Waals surface area contributed by atoms with E-state index in [-0.39, 0.29) is 12.5 Å². The molecular weight excluding hydrogens is 306 g/mol. The molecule has 4 rings (SSSR count). The van der Waals surface area contributed by atoms with E-state index in [1.807, 2.05) is 19.2 Å². The van der Waals surface area contributed by atoms with Gasteiger partial charge in [0.05, 0.1) is 29.7 Å². The molecule has 0 aliphatic carbocycles. The molecule has 0 atom stereocenters. The van der Waals surface area contributed by atoms with E-state index in [0.29, 0.717) is 22.6 Å². The molecule has 0 spiro atoms. The lowest BCUT2D eigenvalue weighted by molar-refractivity contribution is 0.102. The van der Waals surface area contributed by atoms with Crippen molar-refractivity contribution in [3.05, 3.63) is 60.2 Å². The van der Waals surface area contributed by atoms with Crippen LogP contribution < -0.4 is 5.32 Å². The highest BCUT2D eigenvalue weighted by Gasteiger charge is 2.09. The van der Waals surface area contributed by atoms with Crippen molar-refractivity contribution in [3.63, 3.8) is 0 Å². The molecule has 0 bridgehead atoms. The molecule has 3 aromatic heterocycles. The summed E-state index contributed by atoms with van der Waals surface area (Å²) in [7, 11) is 1.86. The van der Waals surface area contributed by atoms with Crippen LogP contribution in [0, 0.1) is 0 Å². The first-order valence-corrected chi connectivity index (χ1v) is 7.45. The molecule has 7 nitrogen and oxygen atoms in total. The number of carbonyl (C=O) groups excluding carboxylic acids is 1. The van der Waals surface area contributed by atoms with E-state index in [0.717, 1.165) is 10.9 Å². The van der Waals surface area contributed by atoms with Gasteiger partial charge in [0.15, 0.2) is 0 Å². The number of rotatable bonds is 3. The van der Waals surface area contributed by atoms with Crippen molar-refractivity contribution in [1.82, 2.24) is 19.2 Å². The van der Waals surface area contributed by atoms with Gasteiger partial charge >= 0.3 is 0 Å². The van der Waals surface area contributed by atoms with Crippen LogP contribution in [0.15, 0.2) is 48.9 Å². The topological polar surface area (TPSA) is 84.5 Å². The predicted octanol–water partition coefficient (Wildman–Crippen LogP) is 1.97. The molecule has 3 heterocycles. The molecule has 0 saturated heterocycles. The first-order valence-electron chi connectivity index (χ1n) is 7.45. The fourth-order valence-electron chi connectivity index (χ4n) is 2.70. The molecule has 1 aromatic carbocycles. The number of nitrogens with zero attached hydrogens (tertiary/aromatic N) is 4. The Bertz CT molecular complexity index is 1060. The van der Waals surface area contributed by atoms with E-state index < -0.39 is 0 Å². The molecule has 0 saturated carbocycles. The van der Waals surface area contributed by atoms with Crippen molar-refractivity contribution in [2.45, 2.75) is 6.61 Å². The number of aryl methyl sites for hydroxylation is 1. The van der Waals surface area contributed by atoms with Crippen LogP contribution in [0.1, 0.15) is 16.1 Å². The molecule has 4 aromatic rings. The predicted molar refractivity (Wildman–Crippen MR) is 89.8 cm³/mol. The number of benzene rings is 1. The maximum atomic E-state index is 12.5. The Labute approximate surface area is 137 Å². The second-order valence-corrected chi connectivity index (χ2v) is 5.57. The zero-order valence-corrected chi connectivity index (χ0v) is 13.0. The summed E-state index contributed by atoms with van der Waals surface area (Å²) in [6.45, 7) is -0.117. The Morgan fingerprint density at radius 1 is 1.25 bits per heavy atom. The van der Waals surface area contributed by atoms with Crippen LogP contribution in [0.2, 0.25) is 0 Å². The second-order valence-electron chi connectivity index (χ2n) is 5.57. The summed E-state index contributed by atoms with van der Waals surface area (Å²) < 4.78 is 3.54. The number of amides is 1. The molecule has 7 heteroatoms. The van der Waals surface area contributed by atoms with Crippen LogP contribution in [0.5, 0.6) is 0 Å². The van der Waals surface area contributed by atoms with Crippen molar-refractivity contribution >= 4 is 28.1 Å². The number of fused-ring (bicyclic) bond motifs is 2. The van der Waals surface area contributed by atoms with Gasteiger partial charge in [-0.05, 0) is 30.3 Å². The summed E-state index contributed by atoms with van der Waals surface area (Å²) in [5, 5.41) is 17.1. The number of nitrogens with one attached hydrogen (secondary N) is 1. The summed E-state index contributed by atoms with van der Waals surface area (Å²) in [5.74, 6) is -0.192. The average molecular weight is 321 g/mol. The molecule has 0 unspecified atom stereocenters. The lowest BCUT2D eigenvalue weighted by Crippen LogP contribution is -2.12. The number of hydrogen-bond acceptors (Lipinski definition) is 4. The maximum absolute atomic E-state index is 12.5. The van der Waals surface area contributed by atoms with Crippen molar-refractivity contribution in [2.24, 2.45) is 7.05 Å². The number of pyridine rings is 1. The first kappa shape index (κ1) is 14.4. The van der Waals surface area contributed by atoms with Crippen LogP contribution in [-0.2, 0) is 13.7 Å². The highest BCUT2D eigenvalue weighted by atomic mass is 16.3. The SMILES string of the molecule is Cn1ncc2cc(C(=O)Nc3ccc4nc(CO)cn4c3)ccc21.